The third-order valence-electron chi connectivity index (χ3n) is 4.42. The highest BCUT2D eigenvalue weighted by atomic mass is 16.5. The van der Waals surface area contributed by atoms with E-state index in [4.69, 9.17) is 4.74 Å². The number of anilines is 1. The summed E-state index contributed by atoms with van der Waals surface area (Å²) in [6.45, 7) is 10.4. The fraction of sp³-hybridized carbons (Fsp3) is 0.190. The first-order valence-electron chi connectivity index (χ1n) is 8.24. The average Bonchev–Trinajstić information content (AvgIpc) is 2.64. The van der Waals surface area contributed by atoms with Crippen LogP contribution in [0.5, 0.6) is 5.75 Å². The topological polar surface area (TPSA) is 41.6 Å². The summed E-state index contributed by atoms with van der Waals surface area (Å²) in [6.07, 6.45) is 3.45. The highest BCUT2D eigenvalue weighted by Crippen LogP contribution is 2.38. The summed E-state index contributed by atoms with van der Waals surface area (Å²) in [4.78, 5) is 14.8. The van der Waals surface area contributed by atoms with Crippen molar-refractivity contribution in [2.75, 3.05) is 18.5 Å². The molecular weight excluding hydrogens is 312 g/mol. The predicted molar refractivity (Wildman–Crippen MR) is 101 cm³/mol. The second-order valence-electron chi connectivity index (χ2n) is 6.07. The lowest BCUT2D eigenvalue weighted by Gasteiger charge is -2.46. The number of carbonyl (C=O) groups excluding carboxylic acids is 1. The first kappa shape index (κ1) is 16.8. The minimum absolute atomic E-state index is 0.0104. The summed E-state index contributed by atoms with van der Waals surface area (Å²) in [5.74, 6) is 0.758. The third-order valence-corrected chi connectivity index (χ3v) is 4.42. The van der Waals surface area contributed by atoms with Gasteiger partial charge < -0.3 is 15.0 Å². The number of benzene rings is 2. The van der Waals surface area contributed by atoms with E-state index in [2.05, 4.69) is 18.5 Å². The van der Waals surface area contributed by atoms with Gasteiger partial charge in [0.25, 0.3) is 5.91 Å². The maximum atomic E-state index is 13.0. The largest absolute Gasteiger partial charge is 0.490 e. The van der Waals surface area contributed by atoms with Gasteiger partial charge in [-0.25, -0.2) is 0 Å². The van der Waals surface area contributed by atoms with Crippen molar-refractivity contribution < 1.29 is 9.53 Å². The molecule has 1 aliphatic heterocycles. The quantitative estimate of drug-likeness (QED) is 0.806. The monoisotopic (exact) mass is 334 g/mol. The zero-order chi connectivity index (χ0) is 17.9. The molecule has 0 saturated heterocycles. The molecule has 0 aliphatic carbocycles. The van der Waals surface area contributed by atoms with E-state index in [9.17, 15) is 4.79 Å². The van der Waals surface area contributed by atoms with E-state index in [1.807, 2.05) is 55.5 Å². The number of amides is 1. The number of rotatable bonds is 6. The second kappa shape index (κ2) is 6.85. The van der Waals surface area contributed by atoms with Crippen LogP contribution in [0.1, 0.15) is 22.8 Å². The minimum atomic E-state index is -0.670. The molecule has 1 N–H and O–H groups in total. The zero-order valence-electron chi connectivity index (χ0n) is 14.4. The molecule has 3 rings (SSSR count). The Morgan fingerprint density at radius 2 is 1.84 bits per heavy atom. The van der Waals surface area contributed by atoms with E-state index < -0.39 is 5.66 Å². The lowest BCUT2D eigenvalue weighted by Crippen LogP contribution is -2.55. The number of ether oxygens (including phenoxy) is 1. The molecule has 1 heterocycles. The van der Waals surface area contributed by atoms with E-state index in [1.54, 1.807) is 17.1 Å². The Bertz CT molecular complexity index is 798. The van der Waals surface area contributed by atoms with Gasteiger partial charge in [0, 0.05) is 12.2 Å². The van der Waals surface area contributed by atoms with Gasteiger partial charge in [0.2, 0.25) is 0 Å². The molecule has 0 spiro atoms. The summed E-state index contributed by atoms with van der Waals surface area (Å²) >= 11 is 0. The van der Waals surface area contributed by atoms with Crippen LogP contribution in [0.25, 0.3) is 0 Å². The maximum Gasteiger partial charge on any atom is 0.258 e. The lowest BCUT2D eigenvalue weighted by molar-refractivity contribution is 0.0572. The van der Waals surface area contributed by atoms with E-state index >= 15 is 0 Å². The van der Waals surface area contributed by atoms with Crippen LogP contribution in [0.4, 0.5) is 5.69 Å². The smallest absolute Gasteiger partial charge is 0.258 e. The Morgan fingerprint density at radius 1 is 1.12 bits per heavy atom. The fourth-order valence-electron chi connectivity index (χ4n) is 3.11. The predicted octanol–water partition coefficient (Wildman–Crippen LogP) is 4.18. The van der Waals surface area contributed by atoms with Crippen LogP contribution in [-0.4, -0.2) is 24.0 Å². The van der Waals surface area contributed by atoms with Crippen molar-refractivity contribution in [1.29, 1.82) is 0 Å². The molecule has 2 aromatic carbocycles. The van der Waals surface area contributed by atoms with E-state index in [-0.39, 0.29) is 5.91 Å². The van der Waals surface area contributed by atoms with Gasteiger partial charge in [-0.05, 0) is 36.8 Å². The Labute approximate surface area is 148 Å². The summed E-state index contributed by atoms with van der Waals surface area (Å²) < 4.78 is 5.55. The van der Waals surface area contributed by atoms with Crippen LogP contribution in [0.15, 0.2) is 73.8 Å². The number of nitrogens with zero attached hydrogens (tertiary/aromatic N) is 1. The van der Waals surface area contributed by atoms with Crippen LogP contribution in [-0.2, 0) is 5.66 Å². The molecule has 1 amide bonds. The Balaban J connectivity index is 2.00. The van der Waals surface area contributed by atoms with Crippen LogP contribution in [0.2, 0.25) is 0 Å². The van der Waals surface area contributed by atoms with Crippen LogP contribution in [0.3, 0.4) is 0 Å². The Kier molecular flexibility index (Phi) is 4.61. The number of hydrogen-bond donors (Lipinski definition) is 1. The molecular formula is C21H22N2O2. The Morgan fingerprint density at radius 3 is 2.52 bits per heavy atom. The first-order valence-corrected chi connectivity index (χ1v) is 8.24. The van der Waals surface area contributed by atoms with Crippen molar-refractivity contribution in [2.24, 2.45) is 0 Å². The molecule has 25 heavy (non-hydrogen) atoms. The van der Waals surface area contributed by atoms with Crippen molar-refractivity contribution in [2.45, 2.75) is 12.6 Å². The van der Waals surface area contributed by atoms with Crippen LogP contribution < -0.4 is 10.1 Å². The van der Waals surface area contributed by atoms with Gasteiger partial charge in [-0.1, -0.05) is 43.0 Å². The molecule has 4 heteroatoms. The minimum Gasteiger partial charge on any atom is -0.490 e. The second-order valence-corrected chi connectivity index (χ2v) is 6.07. The molecule has 0 bridgehead atoms. The summed E-state index contributed by atoms with van der Waals surface area (Å²) in [7, 11) is 0. The van der Waals surface area contributed by atoms with Gasteiger partial charge in [0.1, 0.15) is 18.0 Å². The maximum absolute atomic E-state index is 13.0. The lowest BCUT2D eigenvalue weighted by atomic mass is 9.93. The third kappa shape index (κ3) is 3.03. The van der Waals surface area contributed by atoms with E-state index in [0.717, 1.165) is 17.0 Å². The standard InChI is InChI=1S/C21H22N2O2/c1-4-14-23-20(24)18-8-6-7-9-19(18)22-21(23,3)16-10-12-17(13-11-16)25-15-5-2/h4-13,22H,1-2,14-15H2,3H3. The zero-order valence-corrected chi connectivity index (χ0v) is 14.4. The highest BCUT2D eigenvalue weighted by Gasteiger charge is 2.41. The van der Waals surface area contributed by atoms with Gasteiger partial charge in [0.05, 0.1) is 5.56 Å². The van der Waals surface area contributed by atoms with E-state index in [1.165, 1.54) is 0 Å². The SMILES string of the molecule is C=CCOc1ccc(C2(C)Nc3ccccc3C(=O)N2CC=C)cc1. The average molecular weight is 334 g/mol. The summed E-state index contributed by atoms with van der Waals surface area (Å²) in [5, 5.41) is 3.52. The molecule has 2 aromatic rings. The summed E-state index contributed by atoms with van der Waals surface area (Å²) in [6, 6.07) is 15.3. The molecule has 0 aromatic heterocycles. The van der Waals surface area contributed by atoms with Crippen molar-refractivity contribution >= 4 is 11.6 Å². The van der Waals surface area contributed by atoms with Gasteiger partial charge in [-0.2, -0.15) is 0 Å². The molecule has 128 valence electrons. The van der Waals surface area contributed by atoms with Gasteiger partial charge in [-0.15, -0.1) is 6.58 Å². The number of hydrogen-bond acceptors (Lipinski definition) is 3. The normalized spacial score (nSPS) is 18.9. The van der Waals surface area contributed by atoms with Crippen molar-refractivity contribution in [3.63, 3.8) is 0 Å². The fourth-order valence-corrected chi connectivity index (χ4v) is 3.11. The Hall–Kier alpha value is -3.01. The molecule has 4 nitrogen and oxygen atoms in total. The molecule has 1 atom stereocenters. The highest BCUT2D eigenvalue weighted by molar-refractivity contribution is 6.02. The number of nitrogens with one attached hydrogen (secondary N) is 1. The van der Waals surface area contributed by atoms with Crippen molar-refractivity contribution in [1.82, 2.24) is 4.90 Å². The van der Waals surface area contributed by atoms with Crippen LogP contribution in [0, 0.1) is 0 Å². The molecule has 0 fully saturated rings. The van der Waals surface area contributed by atoms with Gasteiger partial charge >= 0.3 is 0 Å². The van der Waals surface area contributed by atoms with Gasteiger partial charge in [-0.3, -0.25) is 4.79 Å². The number of para-hydroxylation sites is 1. The van der Waals surface area contributed by atoms with Crippen molar-refractivity contribution in [3.05, 3.63) is 85.0 Å². The first-order chi connectivity index (χ1) is 12.1. The number of carbonyl (C=O) groups is 1. The van der Waals surface area contributed by atoms with Gasteiger partial charge in [0.15, 0.2) is 0 Å². The number of fused-ring (bicyclic) bond motifs is 1. The van der Waals surface area contributed by atoms with Crippen LogP contribution >= 0.6 is 0 Å². The molecule has 0 saturated carbocycles. The van der Waals surface area contributed by atoms with Crippen molar-refractivity contribution in [3.8, 4) is 5.75 Å². The summed E-state index contributed by atoms with van der Waals surface area (Å²) in [5.41, 5.74) is 1.81. The molecule has 0 radical (unpaired) electrons. The van der Waals surface area contributed by atoms with E-state index in [0.29, 0.717) is 18.7 Å². The molecule has 1 unspecified atom stereocenters. The molecule has 1 aliphatic rings.